The molecule has 0 fully saturated rings. The van der Waals surface area contributed by atoms with Crippen molar-refractivity contribution < 1.29 is 26.3 Å². The first-order valence-corrected chi connectivity index (χ1v) is 12.8. The van der Waals surface area contributed by atoms with Gasteiger partial charge in [0.05, 0.1) is 0 Å². The van der Waals surface area contributed by atoms with Gasteiger partial charge in [0.2, 0.25) is 0 Å². The Balaban J connectivity index is 1.53. The number of para-hydroxylation sites is 1. The predicted molar refractivity (Wildman–Crippen MR) is 111 cm³/mol. The van der Waals surface area contributed by atoms with Gasteiger partial charge < -0.3 is 0 Å². The van der Waals surface area contributed by atoms with Crippen LogP contribution in [0.2, 0.25) is 0 Å². The Hall–Kier alpha value is -2.96. The summed E-state index contributed by atoms with van der Waals surface area (Å²) in [5, 5.41) is 13.2. The van der Waals surface area contributed by atoms with Crippen molar-refractivity contribution in [1.82, 2.24) is 4.98 Å². The molecule has 2 aromatic carbocycles. The van der Waals surface area contributed by atoms with E-state index in [0.29, 0.717) is 19.3 Å². The van der Waals surface area contributed by atoms with E-state index in [-0.39, 0.29) is 15.8 Å². The number of aromatic amines is 1. The molecule has 0 radical (unpaired) electrons. The fraction of sp³-hybridized carbons (Fsp3) is 0.238. The van der Waals surface area contributed by atoms with E-state index in [1.165, 1.54) is 19.1 Å². The third-order valence-corrected chi connectivity index (χ3v) is 8.11. The van der Waals surface area contributed by atoms with Gasteiger partial charge in [0.1, 0.15) is 0 Å². The number of amides is 1. The molecular weight excluding hydrogens is 451 g/mol. The Morgan fingerprint density at radius 3 is 2.77 bits per heavy atom. The SMILES string of the molecule is CC(=O)Nc1cc([As](=O)(O)OC(=O)C2CCc3[nH]c4ccccc4c3C2)ccc1O. The summed E-state index contributed by atoms with van der Waals surface area (Å²) in [5.74, 6) is -1.94. The fourth-order valence-corrected chi connectivity index (χ4v) is 6.02. The molecule has 1 amide bonds. The van der Waals surface area contributed by atoms with Crippen LogP contribution in [0.25, 0.3) is 10.9 Å². The van der Waals surface area contributed by atoms with Crippen molar-refractivity contribution in [3.05, 3.63) is 53.7 Å². The van der Waals surface area contributed by atoms with Crippen LogP contribution in [0, 0.1) is 5.92 Å². The maximum absolute atomic E-state index is 12.8. The van der Waals surface area contributed by atoms with Gasteiger partial charge in [-0.05, 0) is 0 Å². The van der Waals surface area contributed by atoms with Crippen LogP contribution in [-0.2, 0) is 29.9 Å². The minimum atomic E-state index is -5.23. The maximum atomic E-state index is 12.8. The van der Waals surface area contributed by atoms with Crippen molar-refractivity contribution in [3.8, 4) is 5.75 Å². The van der Waals surface area contributed by atoms with E-state index < -0.39 is 32.0 Å². The van der Waals surface area contributed by atoms with E-state index >= 15 is 0 Å². The average molecular weight is 472 g/mol. The van der Waals surface area contributed by atoms with Gasteiger partial charge >= 0.3 is 175 Å². The standard InChI is InChI=1S/C21H21AsN2O6/c1-12(25)23-19-11-14(7-9-20(19)26)22(28,29)30-21(27)13-6-8-18-16(10-13)15-4-2-3-5-17(15)24-18/h2-5,7,9,11,13,24,26H,6,8,10H2,1H3,(H,23,25)(H,28,29). The van der Waals surface area contributed by atoms with E-state index in [0.717, 1.165) is 28.2 Å². The summed E-state index contributed by atoms with van der Waals surface area (Å²) in [7, 11) is 0. The van der Waals surface area contributed by atoms with Gasteiger partial charge in [-0.25, -0.2) is 0 Å². The van der Waals surface area contributed by atoms with Crippen LogP contribution in [0.15, 0.2) is 42.5 Å². The monoisotopic (exact) mass is 472 g/mol. The van der Waals surface area contributed by atoms with Crippen LogP contribution in [0.4, 0.5) is 5.69 Å². The second-order valence-electron chi connectivity index (χ2n) is 7.38. The summed E-state index contributed by atoms with van der Waals surface area (Å²) in [4.78, 5) is 27.3. The first-order chi connectivity index (χ1) is 14.2. The zero-order chi connectivity index (χ0) is 21.5. The number of carbonyl (C=O) groups excluding carboxylic acids is 2. The van der Waals surface area contributed by atoms with Crippen molar-refractivity contribution in [3.63, 3.8) is 0 Å². The Morgan fingerprint density at radius 2 is 2.00 bits per heavy atom. The van der Waals surface area contributed by atoms with E-state index in [2.05, 4.69) is 10.3 Å². The molecule has 0 bridgehead atoms. The molecule has 1 aromatic heterocycles. The van der Waals surface area contributed by atoms with Gasteiger partial charge in [0, 0.05) is 0 Å². The van der Waals surface area contributed by atoms with E-state index in [1.54, 1.807) is 0 Å². The molecule has 4 N–H and O–H groups in total. The van der Waals surface area contributed by atoms with Crippen molar-refractivity contribution in [2.75, 3.05) is 5.32 Å². The van der Waals surface area contributed by atoms with Crippen LogP contribution in [0.5, 0.6) is 5.75 Å². The minimum absolute atomic E-state index is 0.0205. The number of benzene rings is 2. The average Bonchev–Trinajstić information content (AvgIpc) is 3.06. The number of hydrogen-bond donors (Lipinski definition) is 4. The summed E-state index contributed by atoms with van der Waals surface area (Å²) in [6, 6.07) is 11.4. The number of aromatic hydroxyl groups is 1. The van der Waals surface area contributed by atoms with Gasteiger partial charge in [-0.1, -0.05) is 0 Å². The number of H-pyrrole nitrogens is 1. The van der Waals surface area contributed by atoms with Crippen LogP contribution >= 0.6 is 0 Å². The number of hydrogen-bond acceptors (Lipinski definition) is 5. The summed E-state index contributed by atoms with van der Waals surface area (Å²) in [6.45, 7) is 1.25. The topological polar surface area (TPSA) is 129 Å². The molecule has 0 aliphatic heterocycles. The second-order valence-corrected chi connectivity index (χ2v) is 11.0. The Kier molecular flexibility index (Phi) is 5.22. The fourth-order valence-electron chi connectivity index (χ4n) is 3.81. The number of fused-ring (bicyclic) bond motifs is 3. The van der Waals surface area contributed by atoms with Gasteiger partial charge in [-0.15, -0.1) is 0 Å². The van der Waals surface area contributed by atoms with Gasteiger partial charge in [0.25, 0.3) is 0 Å². The quantitative estimate of drug-likeness (QED) is 0.338. The summed E-state index contributed by atoms with van der Waals surface area (Å²) in [6.07, 6.45) is 1.60. The number of aromatic nitrogens is 1. The van der Waals surface area contributed by atoms with Gasteiger partial charge in [-0.3, -0.25) is 0 Å². The molecule has 2 unspecified atom stereocenters. The molecule has 0 saturated heterocycles. The normalized spacial score (nSPS) is 17.7. The molecule has 156 valence electrons. The van der Waals surface area contributed by atoms with Crippen molar-refractivity contribution >= 4 is 47.0 Å². The number of phenols is 1. The van der Waals surface area contributed by atoms with E-state index in [1.807, 2.05) is 24.3 Å². The Labute approximate surface area is 175 Å². The number of aryl methyl sites for hydroxylation is 1. The van der Waals surface area contributed by atoms with Crippen LogP contribution in [0.3, 0.4) is 0 Å². The molecule has 0 saturated carbocycles. The number of nitrogens with one attached hydrogen (secondary N) is 2. The third-order valence-electron chi connectivity index (χ3n) is 5.26. The number of phenolic OH excluding ortho intramolecular Hbond substituents is 1. The van der Waals surface area contributed by atoms with Crippen LogP contribution in [0.1, 0.15) is 24.6 Å². The van der Waals surface area contributed by atoms with E-state index in [9.17, 15) is 22.5 Å². The first kappa shape index (κ1) is 20.3. The molecule has 1 heterocycles. The molecule has 30 heavy (non-hydrogen) atoms. The number of rotatable bonds is 4. The predicted octanol–water partition coefficient (Wildman–Crippen LogP) is 1.75. The molecule has 9 heteroatoms. The zero-order valence-electron chi connectivity index (χ0n) is 16.2. The number of anilines is 1. The summed E-state index contributed by atoms with van der Waals surface area (Å²) < 4.78 is 28.2. The molecule has 1 aliphatic rings. The second kappa shape index (κ2) is 7.70. The molecule has 0 spiro atoms. The molecule has 3 aromatic rings. The van der Waals surface area contributed by atoms with Crippen LogP contribution in [-0.4, -0.2) is 40.2 Å². The summed E-state index contributed by atoms with van der Waals surface area (Å²) >= 11 is -5.23. The van der Waals surface area contributed by atoms with Gasteiger partial charge in [-0.2, -0.15) is 0 Å². The van der Waals surface area contributed by atoms with Gasteiger partial charge in [0.15, 0.2) is 0 Å². The third kappa shape index (κ3) is 3.88. The number of carbonyl (C=O) groups is 2. The zero-order valence-corrected chi connectivity index (χ0v) is 18.1. The van der Waals surface area contributed by atoms with Crippen LogP contribution < -0.4 is 9.67 Å². The molecule has 4 rings (SSSR count). The summed E-state index contributed by atoms with van der Waals surface area (Å²) in [5.41, 5.74) is 3.10. The van der Waals surface area contributed by atoms with Crippen molar-refractivity contribution in [2.24, 2.45) is 5.92 Å². The Morgan fingerprint density at radius 1 is 1.23 bits per heavy atom. The molecule has 1 aliphatic carbocycles. The van der Waals surface area contributed by atoms with Crippen molar-refractivity contribution in [1.29, 1.82) is 0 Å². The molecule has 2 atom stereocenters. The van der Waals surface area contributed by atoms with Crippen molar-refractivity contribution in [2.45, 2.75) is 26.2 Å². The van der Waals surface area contributed by atoms with E-state index in [4.69, 9.17) is 3.73 Å². The molecule has 8 nitrogen and oxygen atoms in total. The first-order valence-electron chi connectivity index (χ1n) is 9.50. The Bertz CT molecular complexity index is 1200. The molecular formula is C21H21AsN2O6.